The number of hydrogen-bond acceptors (Lipinski definition) is 3. The molecule has 4 aromatic rings. The quantitative estimate of drug-likeness (QED) is 0.521. The molecule has 4 rings (SSSR count). The normalized spacial score (nSPS) is 11.0. The standard InChI is InChI=1S/C21H17N3O/c1-14-15(2)24-12-19(17-6-4-3-5-7-17)20(23-21(24)22-14)18-10-8-16(13-25)9-11-18/h3-13H,1-2H3. The summed E-state index contributed by atoms with van der Waals surface area (Å²) in [5.41, 5.74) is 6.66. The third-order valence-electron chi connectivity index (χ3n) is 4.50. The van der Waals surface area contributed by atoms with Gasteiger partial charge in [-0.25, -0.2) is 9.97 Å². The Labute approximate surface area is 145 Å². The molecule has 0 bridgehead atoms. The second-order valence-corrected chi connectivity index (χ2v) is 6.06. The molecule has 0 aliphatic heterocycles. The number of fused-ring (bicyclic) bond motifs is 1. The van der Waals surface area contributed by atoms with Crippen LogP contribution < -0.4 is 0 Å². The van der Waals surface area contributed by atoms with Gasteiger partial charge in [-0.15, -0.1) is 0 Å². The fourth-order valence-corrected chi connectivity index (χ4v) is 2.96. The minimum absolute atomic E-state index is 0.651. The number of carbonyl (C=O) groups excluding carboxylic acids is 1. The summed E-state index contributed by atoms with van der Waals surface area (Å²) in [5.74, 6) is 0.684. The summed E-state index contributed by atoms with van der Waals surface area (Å²) in [6, 6.07) is 17.7. The first-order chi connectivity index (χ1) is 12.2. The second kappa shape index (κ2) is 5.98. The first-order valence-electron chi connectivity index (χ1n) is 8.14. The van der Waals surface area contributed by atoms with E-state index in [1.54, 1.807) is 0 Å². The minimum Gasteiger partial charge on any atom is -0.298 e. The zero-order valence-electron chi connectivity index (χ0n) is 14.1. The molecular weight excluding hydrogens is 310 g/mol. The van der Waals surface area contributed by atoms with E-state index in [4.69, 9.17) is 4.98 Å². The molecule has 4 nitrogen and oxygen atoms in total. The van der Waals surface area contributed by atoms with Gasteiger partial charge >= 0.3 is 0 Å². The second-order valence-electron chi connectivity index (χ2n) is 6.06. The highest BCUT2D eigenvalue weighted by molar-refractivity contribution is 5.83. The van der Waals surface area contributed by atoms with E-state index in [1.165, 1.54) is 0 Å². The van der Waals surface area contributed by atoms with Crippen molar-refractivity contribution in [2.24, 2.45) is 0 Å². The van der Waals surface area contributed by atoms with Crippen LogP contribution in [0.1, 0.15) is 21.7 Å². The lowest BCUT2D eigenvalue weighted by molar-refractivity contribution is 0.112. The molecule has 0 aliphatic carbocycles. The Balaban J connectivity index is 2.01. The highest BCUT2D eigenvalue weighted by atomic mass is 16.1. The van der Waals surface area contributed by atoms with Gasteiger partial charge in [0.2, 0.25) is 5.78 Å². The molecule has 2 aromatic heterocycles. The van der Waals surface area contributed by atoms with Crippen LogP contribution in [0, 0.1) is 13.8 Å². The number of aldehydes is 1. The van der Waals surface area contributed by atoms with E-state index in [0.29, 0.717) is 11.3 Å². The van der Waals surface area contributed by atoms with Gasteiger partial charge in [-0.3, -0.25) is 9.20 Å². The maximum Gasteiger partial charge on any atom is 0.234 e. The van der Waals surface area contributed by atoms with Crippen LogP contribution in [0.2, 0.25) is 0 Å². The number of imidazole rings is 1. The van der Waals surface area contributed by atoms with Gasteiger partial charge in [0.1, 0.15) is 6.29 Å². The summed E-state index contributed by atoms with van der Waals surface area (Å²) in [7, 11) is 0. The van der Waals surface area contributed by atoms with Crippen LogP contribution in [0.5, 0.6) is 0 Å². The summed E-state index contributed by atoms with van der Waals surface area (Å²) < 4.78 is 2.03. The molecule has 25 heavy (non-hydrogen) atoms. The van der Waals surface area contributed by atoms with E-state index in [0.717, 1.165) is 40.1 Å². The fraction of sp³-hybridized carbons (Fsp3) is 0.0952. The molecule has 0 saturated carbocycles. The lowest BCUT2D eigenvalue weighted by Crippen LogP contribution is -1.97. The molecule has 0 amide bonds. The van der Waals surface area contributed by atoms with Crippen LogP contribution in [0.15, 0.2) is 60.8 Å². The Morgan fingerprint density at radius 3 is 2.28 bits per heavy atom. The fourth-order valence-electron chi connectivity index (χ4n) is 2.96. The highest BCUT2D eigenvalue weighted by Gasteiger charge is 2.14. The summed E-state index contributed by atoms with van der Waals surface area (Å²) in [6.07, 6.45) is 2.94. The molecular formula is C21H17N3O. The van der Waals surface area contributed by atoms with Gasteiger partial charge in [0.15, 0.2) is 0 Å². The number of aryl methyl sites for hydroxylation is 2. The van der Waals surface area contributed by atoms with Gasteiger partial charge in [-0.2, -0.15) is 0 Å². The Bertz CT molecular complexity index is 1060. The SMILES string of the molecule is Cc1nc2nc(-c3ccc(C=O)cc3)c(-c3ccccc3)cn2c1C. The van der Waals surface area contributed by atoms with Crippen molar-refractivity contribution < 1.29 is 4.79 Å². The van der Waals surface area contributed by atoms with Gasteiger partial charge in [0.25, 0.3) is 0 Å². The van der Waals surface area contributed by atoms with E-state index in [-0.39, 0.29) is 0 Å². The molecule has 0 unspecified atom stereocenters. The van der Waals surface area contributed by atoms with E-state index in [2.05, 4.69) is 23.3 Å². The lowest BCUT2D eigenvalue weighted by Gasteiger charge is -2.11. The Morgan fingerprint density at radius 2 is 1.60 bits per heavy atom. The molecule has 0 spiro atoms. The Hall–Kier alpha value is -3.27. The van der Waals surface area contributed by atoms with Crippen molar-refractivity contribution in [3.8, 4) is 22.4 Å². The molecule has 2 aromatic carbocycles. The van der Waals surface area contributed by atoms with Gasteiger partial charge in [0, 0.05) is 28.6 Å². The third kappa shape index (κ3) is 2.62. The molecule has 2 heterocycles. The van der Waals surface area contributed by atoms with Crippen molar-refractivity contribution >= 4 is 12.1 Å². The molecule has 0 saturated heterocycles. The lowest BCUT2D eigenvalue weighted by atomic mass is 10.00. The van der Waals surface area contributed by atoms with Crippen LogP contribution in [-0.2, 0) is 0 Å². The number of rotatable bonds is 3. The average Bonchev–Trinajstić information content (AvgIpc) is 2.95. The van der Waals surface area contributed by atoms with Gasteiger partial charge in [-0.05, 0) is 19.4 Å². The minimum atomic E-state index is 0.651. The molecule has 4 heteroatoms. The van der Waals surface area contributed by atoms with Crippen LogP contribution in [-0.4, -0.2) is 20.7 Å². The molecule has 122 valence electrons. The maximum absolute atomic E-state index is 10.9. The Morgan fingerprint density at radius 1 is 0.880 bits per heavy atom. The largest absolute Gasteiger partial charge is 0.298 e. The summed E-state index contributed by atoms with van der Waals surface area (Å²) >= 11 is 0. The summed E-state index contributed by atoms with van der Waals surface area (Å²) in [6.45, 7) is 4.04. The smallest absolute Gasteiger partial charge is 0.234 e. The molecule has 0 fully saturated rings. The van der Waals surface area contributed by atoms with Crippen molar-refractivity contribution in [3.05, 3.63) is 77.7 Å². The molecule has 0 N–H and O–H groups in total. The number of benzene rings is 2. The van der Waals surface area contributed by atoms with E-state index in [1.807, 2.05) is 60.7 Å². The zero-order valence-corrected chi connectivity index (χ0v) is 14.1. The maximum atomic E-state index is 10.9. The molecule has 0 atom stereocenters. The van der Waals surface area contributed by atoms with Crippen LogP contribution in [0.3, 0.4) is 0 Å². The van der Waals surface area contributed by atoms with E-state index < -0.39 is 0 Å². The Kier molecular flexibility index (Phi) is 3.65. The summed E-state index contributed by atoms with van der Waals surface area (Å²) in [4.78, 5) is 20.3. The first kappa shape index (κ1) is 15.3. The first-order valence-corrected chi connectivity index (χ1v) is 8.14. The predicted octanol–water partition coefficient (Wildman–Crippen LogP) is 4.49. The van der Waals surface area contributed by atoms with Gasteiger partial charge in [0.05, 0.1) is 11.4 Å². The number of carbonyl (C=O) groups is 1. The van der Waals surface area contributed by atoms with Crippen molar-refractivity contribution in [2.45, 2.75) is 13.8 Å². The number of nitrogens with zero attached hydrogens (tertiary/aromatic N) is 3. The van der Waals surface area contributed by atoms with E-state index in [9.17, 15) is 4.79 Å². The third-order valence-corrected chi connectivity index (χ3v) is 4.50. The van der Waals surface area contributed by atoms with Crippen molar-refractivity contribution in [2.75, 3.05) is 0 Å². The molecule has 0 aliphatic rings. The zero-order chi connectivity index (χ0) is 17.4. The number of aromatic nitrogens is 3. The van der Waals surface area contributed by atoms with Crippen LogP contribution in [0.4, 0.5) is 0 Å². The monoisotopic (exact) mass is 327 g/mol. The molecule has 0 radical (unpaired) electrons. The highest BCUT2D eigenvalue weighted by Crippen LogP contribution is 2.31. The summed E-state index contributed by atoms with van der Waals surface area (Å²) in [5, 5.41) is 0. The number of hydrogen-bond donors (Lipinski definition) is 0. The van der Waals surface area contributed by atoms with Crippen molar-refractivity contribution in [1.29, 1.82) is 0 Å². The van der Waals surface area contributed by atoms with Crippen molar-refractivity contribution in [3.63, 3.8) is 0 Å². The van der Waals surface area contributed by atoms with Gasteiger partial charge < -0.3 is 0 Å². The van der Waals surface area contributed by atoms with Gasteiger partial charge in [-0.1, -0.05) is 54.6 Å². The van der Waals surface area contributed by atoms with Crippen molar-refractivity contribution in [1.82, 2.24) is 14.4 Å². The average molecular weight is 327 g/mol. The van der Waals surface area contributed by atoms with Crippen LogP contribution >= 0.6 is 0 Å². The topological polar surface area (TPSA) is 47.3 Å². The van der Waals surface area contributed by atoms with E-state index >= 15 is 0 Å². The predicted molar refractivity (Wildman–Crippen MR) is 98.7 cm³/mol. The van der Waals surface area contributed by atoms with Crippen LogP contribution in [0.25, 0.3) is 28.2 Å².